The molecule has 1 N–H and O–H groups in total. The third-order valence-corrected chi connectivity index (χ3v) is 5.89. The van der Waals surface area contributed by atoms with Gasteiger partial charge in [0.2, 0.25) is 0 Å². The fourth-order valence-corrected chi connectivity index (χ4v) is 4.16. The van der Waals surface area contributed by atoms with E-state index in [2.05, 4.69) is 34.8 Å². The first-order chi connectivity index (χ1) is 17.2. The van der Waals surface area contributed by atoms with Gasteiger partial charge in [0.25, 0.3) is 5.91 Å². The van der Waals surface area contributed by atoms with Crippen molar-refractivity contribution < 1.29 is 14.3 Å². The number of hydrazone groups is 1. The van der Waals surface area contributed by atoms with Crippen LogP contribution in [-0.2, 0) is 6.61 Å². The molecule has 5 nitrogen and oxygen atoms in total. The average molecular weight is 461 g/mol. The van der Waals surface area contributed by atoms with E-state index in [0.29, 0.717) is 23.7 Å². The molecule has 0 aromatic heterocycles. The summed E-state index contributed by atoms with van der Waals surface area (Å²) in [6.45, 7) is 0.422. The van der Waals surface area contributed by atoms with Gasteiger partial charge in [-0.05, 0) is 45.3 Å². The largest absolute Gasteiger partial charge is 0.496 e. The summed E-state index contributed by atoms with van der Waals surface area (Å²) >= 11 is 0. The van der Waals surface area contributed by atoms with Crippen LogP contribution in [-0.4, -0.2) is 19.2 Å². The minimum Gasteiger partial charge on any atom is -0.496 e. The van der Waals surface area contributed by atoms with E-state index in [9.17, 15) is 4.79 Å². The van der Waals surface area contributed by atoms with Crippen molar-refractivity contribution in [2.24, 2.45) is 5.10 Å². The SMILES string of the molecule is COc1ccc2ccccc2c1C(=O)NN=Cc1ccccc1OCc1cccc2ccccc12. The van der Waals surface area contributed by atoms with Gasteiger partial charge in [-0.15, -0.1) is 0 Å². The number of para-hydroxylation sites is 1. The summed E-state index contributed by atoms with van der Waals surface area (Å²) in [7, 11) is 1.55. The second kappa shape index (κ2) is 10.1. The maximum Gasteiger partial charge on any atom is 0.275 e. The second-order valence-corrected chi connectivity index (χ2v) is 8.03. The lowest BCUT2D eigenvalue weighted by Crippen LogP contribution is -2.19. The zero-order chi connectivity index (χ0) is 24.0. The molecule has 0 aliphatic rings. The first kappa shape index (κ1) is 22.2. The molecule has 0 saturated carbocycles. The number of amides is 1. The molecule has 5 aromatic rings. The lowest BCUT2D eigenvalue weighted by Gasteiger charge is -2.12. The van der Waals surface area contributed by atoms with E-state index in [0.717, 1.165) is 27.3 Å². The Bertz CT molecular complexity index is 1540. The van der Waals surface area contributed by atoms with Crippen LogP contribution in [0.4, 0.5) is 0 Å². The number of hydrogen-bond donors (Lipinski definition) is 1. The minimum absolute atomic E-state index is 0.343. The van der Waals surface area contributed by atoms with E-state index in [1.165, 1.54) is 5.39 Å². The summed E-state index contributed by atoms with van der Waals surface area (Å²) in [5, 5.41) is 8.30. The van der Waals surface area contributed by atoms with Crippen molar-refractivity contribution in [3.05, 3.63) is 120 Å². The van der Waals surface area contributed by atoms with Crippen molar-refractivity contribution in [1.29, 1.82) is 0 Å². The van der Waals surface area contributed by atoms with Crippen LogP contribution in [0.15, 0.2) is 108 Å². The summed E-state index contributed by atoms with van der Waals surface area (Å²) in [5.41, 5.74) is 4.95. The fourth-order valence-electron chi connectivity index (χ4n) is 4.16. The molecule has 0 radical (unpaired) electrons. The number of ether oxygens (including phenoxy) is 2. The Balaban J connectivity index is 1.34. The zero-order valence-corrected chi connectivity index (χ0v) is 19.3. The number of nitrogens with one attached hydrogen (secondary N) is 1. The quantitative estimate of drug-likeness (QED) is 0.228. The summed E-state index contributed by atoms with van der Waals surface area (Å²) in [5.74, 6) is 0.834. The molecule has 1 amide bonds. The molecule has 0 unspecified atom stereocenters. The molecule has 35 heavy (non-hydrogen) atoms. The van der Waals surface area contributed by atoms with Crippen LogP contribution in [0.25, 0.3) is 21.5 Å². The molecule has 0 saturated heterocycles. The van der Waals surface area contributed by atoms with Crippen LogP contribution in [0.2, 0.25) is 0 Å². The van der Waals surface area contributed by atoms with Gasteiger partial charge in [0.15, 0.2) is 0 Å². The highest BCUT2D eigenvalue weighted by Crippen LogP contribution is 2.28. The molecule has 5 aromatic carbocycles. The van der Waals surface area contributed by atoms with Crippen LogP contribution in [0.1, 0.15) is 21.5 Å². The van der Waals surface area contributed by atoms with E-state index in [4.69, 9.17) is 9.47 Å². The third-order valence-electron chi connectivity index (χ3n) is 5.89. The Morgan fingerprint density at radius 2 is 1.46 bits per heavy atom. The van der Waals surface area contributed by atoms with Crippen LogP contribution >= 0.6 is 0 Å². The number of methoxy groups -OCH3 is 1. The predicted octanol–water partition coefficient (Wildman–Crippen LogP) is 6.34. The van der Waals surface area contributed by atoms with Gasteiger partial charge in [-0.3, -0.25) is 4.79 Å². The van der Waals surface area contributed by atoms with Crippen LogP contribution in [0.5, 0.6) is 11.5 Å². The fraction of sp³-hybridized carbons (Fsp3) is 0.0667. The van der Waals surface area contributed by atoms with Gasteiger partial charge in [0.1, 0.15) is 18.1 Å². The second-order valence-electron chi connectivity index (χ2n) is 8.03. The van der Waals surface area contributed by atoms with Gasteiger partial charge in [-0.25, -0.2) is 5.43 Å². The molecule has 172 valence electrons. The highest BCUT2D eigenvalue weighted by molar-refractivity contribution is 6.09. The van der Waals surface area contributed by atoms with E-state index in [-0.39, 0.29) is 5.91 Å². The average Bonchev–Trinajstić information content (AvgIpc) is 2.91. The Morgan fingerprint density at radius 3 is 2.29 bits per heavy atom. The zero-order valence-electron chi connectivity index (χ0n) is 19.3. The smallest absolute Gasteiger partial charge is 0.275 e. The summed E-state index contributed by atoms with van der Waals surface area (Å²) < 4.78 is 11.6. The number of benzene rings is 5. The Morgan fingerprint density at radius 1 is 0.771 bits per heavy atom. The van der Waals surface area contributed by atoms with Crippen molar-refractivity contribution in [3.8, 4) is 11.5 Å². The van der Waals surface area contributed by atoms with Crippen LogP contribution in [0.3, 0.4) is 0 Å². The molecule has 5 heteroatoms. The minimum atomic E-state index is -0.343. The molecule has 0 fully saturated rings. The maximum absolute atomic E-state index is 13.0. The maximum atomic E-state index is 13.0. The Kier molecular flexibility index (Phi) is 6.39. The van der Waals surface area contributed by atoms with Crippen molar-refractivity contribution in [2.75, 3.05) is 7.11 Å². The van der Waals surface area contributed by atoms with Crippen LogP contribution in [0, 0.1) is 0 Å². The number of nitrogens with zero attached hydrogens (tertiary/aromatic N) is 1. The summed E-state index contributed by atoms with van der Waals surface area (Å²) in [4.78, 5) is 13.0. The van der Waals surface area contributed by atoms with Crippen molar-refractivity contribution in [3.63, 3.8) is 0 Å². The first-order valence-electron chi connectivity index (χ1n) is 11.3. The van der Waals surface area contributed by atoms with E-state index >= 15 is 0 Å². The van der Waals surface area contributed by atoms with Crippen molar-refractivity contribution >= 4 is 33.7 Å². The van der Waals surface area contributed by atoms with Gasteiger partial charge in [0, 0.05) is 5.56 Å². The highest BCUT2D eigenvalue weighted by Gasteiger charge is 2.15. The monoisotopic (exact) mass is 460 g/mol. The lowest BCUT2D eigenvalue weighted by atomic mass is 10.0. The first-order valence-corrected chi connectivity index (χ1v) is 11.3. The summed E-state index contributed by atoms with van der Waals surface area (Å²) in [6, 6.07) is 33.4. The molecule has 0 spiro atoms. The van der Waals surface area contributed by atoms with Gasteiger partial charge in [-0.1, -0.05) is 84.9 Å². The topological polar surface area (TPSA) is 59.9 Å². The molecule has 0 atom stereocenters. The van der Waals surface area contributed by atoms with Crippen LogP contribution < -0.4 is 14.9 Å². The number of carbonyl (C=O) groups excluding carboxylic acids is 1. The van der Waals surface area contributed by atoms with Crippen molar-refractivity contribution in [1.82, 2.24) is 5.43 Å². The lowest BCUT2D eigenvalue weighted by molar-refractivity contribution is 0.0954. The highest BCUT2D eigenvalue weighted by atomic mass is 16.5. The van der Waals surface area contributed by atoms with E-state index in [1.807, 2.05) is 72.8 Å². The Hall–Kier alpha value is -4.64. The van der Waals surface area contributed by atoms with Gasteiger partial charge in [0.05, 0.1) is 18.9 Å². The molecule has 0 heterocycles. The molecular formula is C30H24N2O3. The molecule has 0 aliphatic heterocycles. The number of rotatable bonds is 7. The molecule has 0 aliphatic carbocycles. The van der Waals surface area contributed by atoms with Gasteiger partial charge < -0.3 is 9.47 Å². The molecule has 5 rings (SSSR count). The normalized spacial score (nSPS) is 11.1. The van der Waals surface area contributed by atoms with Gasteiger partial charge in [-0.2, -0.15) is 5.10 Å². The number of hydrogen-bond acceptors (Lipinski definition) is 4. The van der Waals surface area contributed by atoms with E-state index in [1.54, 1.807) is 19.4 Å². The standard InChI is InChI=1S/C30H24N2O3/c1-34-28-18-17-22-10-3-6-15-26(22)29(28)30(33)32-31-19-23-11-4-7-16-27(23)35-20-24-13-8-12-21-9-2-5-14-25(21)24/h2-19H,20H2,1H3,(H,32,33). The third kappa shape index (κ3) is 4.70. The van der Waals surface area contributed by atoms with Gasteiger partial charge >= 0.3 is 0 Å². The molecule has 0 bridgehead atoms. The van der Waals surface area contributed by atoms with E-state index < -0.39 is 0 Å². The Labute approximate surface area is 203 Å². The number of fused-ring (bicyclic) bond motifs is 2. The van der Waals surface area contributed by atoms with Crippen molar-refractivity contribution in [2.45, 2.75) is 6.61 Å². The summed E-state index contributed by atoms with van der Waals surface area (Å²) in [6.07, 6.45) is 1.59. The number of carbonyl (C=O) groups is 1. The molecular weight excluding hydrogens is 436 g/mol. The predicted molar refractivity (Wildman–Crippen MR) is 140 cm³/mol.